The molecule has 23 heavy (non-hydrogen) atoms. The number of carboxylic acids is 3. The summed E-state index contributed by atoms with van der Waals surface area (Å²) in [6, 6.07) is 0. The van der Waals surface area contributed by atoms with E-state index in [1.807, 2.05) is 0 Å². The summed E-state index contributed by atoms with van der Waals surface area (Å²) in [5.74, 6) is -5.95. The zero-order valence-corrected chi connectivity index (χ0v) is 12.0. The summed E-state index contributed by atoms with van der Waals surface area (Å²) >= 11 is 0. The zero-order valence-electron chi connectivity index (χ0n) is 12.0. The van der Waals surface area contributed by atoms with Gasteiger partial charge in [0, 0.05) is 0 Å². The van der Waals surface area contributed by atoms with Crippen molar-refractivity contribution in [1.82, 2.24) is 0 Å². The Morgan fingerprint density at radius 2 is 0.957 bits per heavy atom. The van der Waals surface area contributed by atoms with Crippen molar-refractivity contribution in [3.05, 3.63) is 0 Å². The van der Waals surface area contributed by atoms with E-state index in [0.29, 0.717) is 0 Å². The first-order chi connectivity index (χ1) is 10.3. The third-order valence-electron chi connectivity index (χ3n) is 1.69. The number of aliphatic hydroxyl groups is 1. The molecule has 13 nitrogen and oxygen atoms in total. The molecular formula is C10H20N4O9. The standard InChI is InChI=1S/C6H8O7.2C2H6N2O/c7-3(8)1-6(13,5(11)12)2-4(9)10;2*3-1-2(4)5/h13H,1-2H2,(H,7,8)(H,9,10)(H,11,12);2*1,3H2,(H2,4,5). The number of carbonyl (C=O) groups is 5. The van der Waals surface area contributed by atoms with Gasteiger partial charge in [-0.15, -0.1) is 0 Å². The number of hydrogen-bond acceptors (Lipinski definition) is 8. The summed E-state index contributed by atoms with van der Waals surface area (Å²) in [7, 11) is 0. The van der Waals surface area contributed by atoms with Crippen LogP contribution in [0.1, 0.15) is 12.8 Å². The summed E-state index contributed by atoms with van der Waals surface area (Å²) in [6.07, 6.45) is -2.29. The molecule has 0 saturated heterocycles. The molecule has 0 bridgehead atoms. The van der Waals surface area contributed by atoms with Crippen LogP contribution in [0.15, 0.2) is 0 Å². The lowest BCUT2D eigenvalue weighted by Gasteiger charge is -2.18. The predicted octanol–water partition coefficient (Wildman–Crippen LogP) is -4.39. The minimum Gasteiger partial charge on any atom is -0.481 e. The van der Waals surface area contributed by atoms with Gasteiger partial charge in [-0.2, -0.15) is 0 Å². The molecule has 0 rings (SSSR count). The van der Waals surface area contributed by atoms with E-state index < -0.39 is 48.2 Å². The number of primary amides is 2. The van der Waals surface area contributed by atoms with Crippen LogP contribution >= 0.6 is 0 Å². The highest BCUT2D eigenvalue weighted by Gasteiger charge is 2.40. The van der Waals surface area contributed by atoms with Gasteiger partial charge in [0.15, 0.2) is 5.60 Å². The van der Waals surface area contributed by atoms with E-state index in [2.05, 4.69) is 11.5 Å². The van der Waals surface area contributed by atoms with E-state index in [-0.39, 0.29) is 13.1 Å². The highest BCUT2D eigenvalue weighted by atomic mass is 16.4. The first kappa shape index (κ1) is 25.2. The highest BCUT2D eigenvalue weighted by Crippen LogP contribution is 2.15. The molecule has 0 aromatic heterocycles. The van der Waals surface area contributed by atoms with Crippen molar-refractivity contribution in [2.75, 3.05) is 13.1 Å². The Labute approximate surface area is 129 Å². The minimum atomic E-state index is -2.74. The number of carboxylic acid groups (broad SMARTS) is 3. The van der Waals surface area contributed by atoms with Crippen LogP contribution in [0.4, 0.5) is 0 Å². The van der Waals surface area contributed by atoms with E-state index >= 15 is 0 Å². The van der Waals surface area contributed by atoms with E-state index in [4.69, 9.17) is 31.9 Å². The maximum atomic E-state index is 10.3. The molecule has 12 N–H and O–H groups in total. The Morgan fingerprint density at radius 3 is 1.04 bits per heavy atom. The van der Waals surface area contributed by atoms with Crippen molar-refractivity contribution >= 4 is 29.7 Å². The smallest absolute Gasteiger partial charge is 0.336 e. The Kier molecular flexibility index (Phi) is 14.2. The Morgan fingerprint density at radius 1 is 0.739 bits per heavy atom. The minimum absolute atomic E-state index is 0.0556. The Bertz CT molecular complexity index is 408. The quantitative estimate of drug-likeness (QED) is 0.219. The molecule has 0 fully saturated rings. The number of hydrogen-bond donors (Lipinski definition) is 8. The molecule has 0 saturated carbocycles. The summed E-state index contributed by atoms with van der Waals surface area (Å²) in [5.41, 5.74) is 15.7. The van der Waals surface area contributed by atoms with Gasteiger partial charge in [0.05, 0.1) is 25.9 Å². The van der Waals surface area contributed by atoms with Crippen LogP contribution in [0.25, 0.3) is 0 Å². The lowest BCUT2D eigenvalue weighted by atomic mass is 9.96. The largest absolute Gasteiger partial charge is 0.481 e. The fraction of sp³-hybridized carbons (Fsp3) is 0.500. The number of aliphatic carboxylic acids is 3. The van der Waals surface area contributed by atoms with Gasteiger partial charge in [-0.1, -0.05) is 0 Å². The second kappa shape index (κ2) is 12.9. The van der Waals surface area contributed by atoms with E-state index in [0.717, 1.165) is 0 Å². The number of amides is 2. The van der Waals surface area contributed by atoms with Crippen LogP contribution in [0, 0.1) is 0 Å². The maximum absolute atomic E-state index is 10.3. The van der Waals surface area contributed by atoms with Crippen LogP contribution in [0.5, 0.6) is 0 Å². The molecule has 0 aliphatic heterocycles. The molecular weight excluding hydrogens is 320 g/mol. The summed E-state index contributed by atoms with van der Waals surface area (Å²) < 4.78 is 0. The van der Waals surface area contributed by atoms with Crippen LogP contribution in [0.3, 0.4) is 0 Å². The highest BCUT2D eigenvalue weighted by molar-refractivity contribution is 5.88. The van der Waals surface area contributed by atoms with Crippen molar-refractivity contribution in [1.29, 1.82) is 0 Å². The van der Waals surface area contributed by atoms with Crippen LogP contribution in [0.2, 0.25) is 0 Å². The van der Waals surface area contributed by atoms with Gasteiger partial charge < -0.3 is 43.4 Å². The molecule has 0 aromatic carbocycles. The monoisotopic (exact) mass is 340 g/mol. The SMILES string of the molecule is NCC(N)=O.NCC(N)=O.O=C(O)CC(O)(CC(=O)O)C(=O)O. The second-order valence-corrected chi connectivity index (χ2v) is 3.82. The summed E-state index contributed by atoms with van der Waals surface area (Å²) in [5, 5.41) is 33.8. The first-order valence-corrected chi connectivity index (χ1v) is 5.68. The Hall–Kier alpha value is -2.77. The molecule has 134 valence electrons. The normalized spacial score (nSPS) is 9.35. The van der Waals surface area contributed by atoms with E-state index in [9.17, 15) is 24.0 Å². The predicted molar refractivity (Wildman–Crippen MR) is 73.6 cm³/mol. The van der Waals surface area contributed by atoms with Gasteiger partial charge in [0.25, 0.3) is 0 Å². The average Bonchev–Trinajstić information content (AvgIpc) is 2.37. The summed E-state index contributed by atoms with van der Waals surface area (Å²) in [4.78, 5) is 49.4. The van der Waals surface area contributed by atoms with E-state index in [1.165, 1.54) is 0 Å². The summed E-state index contributed by atoms with van der Waals surface area (Å²) in [6.45, 7) is -0.111. The fourth-order valence-corrected chi connectivity index (χ4v) is 0.714. The van der Waals surface area contributed by atoms with Crippen molar-refractivity contribution in [3.8, 4) is 0 Å². The lowest BCUT2D eigenvalue weighted by molar-refractivity contribution is -0.170. The van der Waals surface area contributed by atoms with Gasteiger partial charge in [-0.3, -0.25) is 19.2 Å². The third kappa shape index (κ3) is 19.2. The van der Waals surface area contributed by atoms with Gasteiger partial charge in [0.2, 0.25) is 11.8 Å². The molecule has 0 aromatic rings. The molecule has 0 atom stereocenters. The number of nitrogens with two attached hydrogens (primary N) is 4. The molecule has 0 spiro atoms. The Balaban J connectivity index is -0.000000329. The average molecular weight is 340 g/mol. The van der Waals surface area contributed by atoms with Gasteiger partial charge in [-0.05, 0) is 0 Å². The molecule has 2 amide bonds. The van der Waals surface area contributed by atoms with Crippen LogP contribution in [-0.2, 0) is 24.0 Å². The topological polar surface area (TPSA) is 270 Å². The molecule has 0 aliphatic rings. The fourth-order valence-electron chi connectivity index (χ4n) is 0.714. The van der Waals surface area contributed by atoms with Gasteiger partial charge in [0.1, 0.15) is 0 Å². The third-order valence-corrected chi connectivity index (χ3v) is 1.69. The zero-order chi connectivity index (χ0) is 19.2. The van der Waals surface area contributed by atoms with Crippen LogP contribution in [-0.4, -0.2) is 68.8 Å². The first-order valence-electron chi connectivity index (χ1n) is 5.68. The molecule has 0 radical (unpaired) electrons. The van der Waals surface area contributed by atoms with Crippen molar-refractivity contribution in [2.45, 2.75) is 18.4 Å². The van der Waals surface area contributed by atoms with Gasteiger partial charge >= 0.3 is 17.9 Å². The maximum Gasteiger partial charge on any atom is 0.336 e. The van der Waals surface area contributed by atoms with Crippen molar-refractivity contribution in [2.24, 2.45) is 22.9 Å². The molecule has 13 heteroatoms. The molecule has 0 aliphatic carbocycles. The second-order valence-electron chi connectivity index (χ2n) is 3.82. The van der Waals surface area contributed by atoms with E-state index in [1.54, 1.807) is 0 Å². The molecule has 0 heterocycles. The van der Waals surface area contributed by atoms with Gasteiger partial charge in [-0.25, -0.2) is 4.79 Å². The van der Waals surface area contributed by atoms with Crippen LogP contribution < -0.4 is 22.9 Å². The number of rotatable bonds is 7. The van der Waals surface area contributed by atoms with Crippen molar-refractivity contribution < 1.29 is 44.4 Å². The number of carbonyl (C=O) groups excluding carboxylic acids is 2. The van der Waals surface area contributed by atoms with Crippen molar-refractivity contribution in [3.63, 3.8) is 0 Å². The lowest BCUT2D eigenvalue weighted by Crippen LogP contribution is -2.42. The molecule has 0 unspecified atom stereocenters.